The highest BCUT2D eigenvalue weighted by Gasteiger charge is 2.21. The summed E-state index contributed by atoms with van der Waals surface area (Å²) in [5, 5.41) is 0. The summed E-state index contributed by atoms with van der Waals surface area (Å²) in [4.78, 5) is 0.882. The first kappa shape index (κ1) is 13.3. The van der Waals surface area contributed by atoms with Crippen LogP contribution in [0.1, 0.15) is 36.0 Å². The van der Waals surface area contributed by atoms with Crippen molar-refractivity contribution in [2.75, 3.05) is 6.26 Å². The van der Waals surface area contributed by atoms with Crippen LogP contribution in [0.3, 0.4) is 0 Å². The summed E-state index contributed by atoms with van der Waals surface area (Å²) < 4.78 is 11.4. The van der Waals surface area contributed by atoms with Crippen molar-refractivity contribution < 1.29 is 4.21 Å². The summed E-state index contributed by atoms with van der Waals surface area (Å²) >= 11 is 0. The van der Waals surface area contributed by atoms with Crippen LogP contribution in [0, 0.1) is 0 Å². The number of rotatable bonds is 2. The first-order valence-electron chi connectivity index (χ1n) is 6.88. The van der Waals surface area contributed by atoms with Crippen molar-refractivity contribution in [1.82, 2.24) is 0 Å². The van der Waals surface area contributed by atoms with E-state index < -0.39 is 10.8 Å². The second kappa shape index (κ2) is 5.37. The van der Waals surface area contributed by atoms with E-state index in [-0.39, 0.29) is 0 Å². The fourth-order valence-electron chi connectivity index (χ4n) is 2.86. The molecule has 102 valence electrons. The van der Waals surface area contributed by atoms with Crippen molar-refractivity contribution in [3.05, 3.63) is 65.2 Å². The molecule has 0 spiro atoms. The lowest BCUT2D eigenvalue weighted by atomic mass is 10.0. The maximum atomic E-state index is 11.4. The average molecular weight is 282 g/mol. The van der Waals surface area contributed by atoms with Gasteiger partial charge in [0.25, 0.3) is 0 Å². The molecule has 2 aromatic carbocycles. The molecule has 1 aliphatic rings. The van der Waals surface area contributed by atoms with Gasteiger partial charge in [0.05, 0.1) is 0 Å². The largest absolute Gasteiger partial charge is 0.255 e. The second-order valence-corrected chi connectivity index (χ2v) is 6.76. The van der Waals surface area contributed by atoms with Gasteiger partial charge in [0, 0.05) is 22.0 Å². The molecule has 0 aromatic heterocycles. The Hall–Kier alpha value is -1.67. The number of allylic oxidation sites excluding steroid dienone is 1. The Balaban J connectivity index is 1.96. The molecule has 1 nitrogen and oxygen atoms in total. The quantitative estimate of drug-likeness (QED) is 0.794. The average Bonchev–Trinajstić information content (AvgIpc) is 2.77. The van der Waals surface area contributed by atoms with Crippen LogP contribution in [0.2, 0.25) is 0 Å². The monoisotopic (exact) mass is 282 g/mol. The molecule has 0 saturated carbocycles. The molecule has 0 amide bonds. The van der Waals surface area contributed by atoms with Gasteiger partial charge in [0.2, 0.25) is 0 Å². The molecule has 20 heavy (non-hydrogen) atoms. The molecule has 0 bridgehead atoms. The van der Waals surface area contributed by atoms with E-state index in [9.17, 15) is 4.21 Å². The van der Waals surface area contributed by atoms with Crippen LogP contribution in [-0.4, -0.2) is 10.5 Å². The lowest BCUT2D eigenvalue weighted by molar-refractivity contribution is 0.687. The van der Waals surface area contributed by atoms with E-state index in [1.807, 2.05) is 12.1 Å². The first-order chi connectivity index (χ1) is 9.65. The van der Waals surface area contributed by atoms with Crippen LogP contribution in [0.4, 0.5) is 0 Å². The van der Waals surface area contributed by atoms with E-state index in [1.165, 1.54) is 22.3 Å². The molecule has 1 aliphatic carbocycles. The molecule has 0 aliphatic heterocycles. The van der Waals surface area contributed by atoms with Gasteiger partial charge in [-0.3, -0.25) is 4.21 Å². The van der Waals surface area contributed by atoms with Crippen molar-refractivity contribution in [3.63, 3.8) is 0 Å². The lowest BCUT2D eigenvalue weighted by Gasteiger charge is -2.02. The van der Waals surface area contributed by atoms with Gasteiger partial charge in [-0.25, -0.2) is 0 Å². The van der Waals surface area contributed by atoms with E-state index in [4.69, 9.17) is 0 Å². The molecule has 3 rings (SSSR count). The third kappa shape index (κ3) is 2.48. The van der Waals surface area contributed by atoms with Gasteiger partial charge in [0.1, 0.15) is 0 Å². The molecule has 0 fully saturated rings. The molecule has 2 atom stereocenters. The van der Waals surface area contributed by atoms with E-state index >= 15 is 0 Å². The van der Waals surface area contributed by atoms with E-state index in [1.54, 1.807) is 6.26 Å². The number of hydrogen-bond acceptors (Lipinski definition) is 1. The second-order valence-electron chi connectivity index (χ2n) is 5.39. The Kier molecular flexibility index (Phi) is 3.58. The van der Waals surface area contributed by atoms with Crippen molar-refractivity contribution in [2.24, 2.45) is 0 Å². The Morgan fingerprint density at radius 3 is 2.50 bits per heavy atom. The lowest BCUT2D eigenvalue weighted by Crippen LogP contribution is -1.86. The zero-order valence-electron chi connectivity index (χ0n) is 11.8. The van der Waals surface area contributed by atoms with Crippen LogP contribution in [-0.2, 0) is 10.8 Å². The fourth-order valence-corrected chi connectivity index (χ4v) is 3.38. The summed E-state index contributed by atoms with van der Waals surface area (Å²) in [7, 11) is -0.904. The number of fused-ring (bicyclic) bond motifs is 1. The number of benzene rings is 2. The molecule has 0 radical (unpaired) electrons. The van der Waals surface area contributed by atoms with Gasteiger partial charge >= 0.3 is 0 Å². The third-order valence-electron chi connectivity index (χ3n) is 3.92. The maximum Gasteiger partial charge on any atom is 0.0498 e. The topological polar surface area (TPSA) is 17.1 Å². The van der Waals surface area contributed by atoms with Crippen LogP contribution in [0.15, 0.2) is 53.4 Å². The van der Waals surface area contributed by atoms with Crippen molar-refractivity contribution >= 4 is 22.4 Å². The molecular formula is C18H18OS. The normalized spacial score (nSPS) is 20.9. The molecule has 2 unspecified atom stereocenters. The van der Waals surface area contributed by atoms with Gasteiger partial charge in [-0.1, -0.05) is 49.4 Å². The third-order valence-corrected chi connectivity index (χ3v) is 4.85. The van der Waals surface area contributed by atoms with Crippen LogP contribution >= 0.6 is 0 Å². The summed E-state index contributed by atoms with van der Waals surface area (Å²) in [5.74, 6) is 0.597. The van der Waals surface area contributed by atoms with Crippen LogP contribution in [0.25, 0.3) is 11.6 Å². The smallest absolute Gasteiger partial charge is 0.0498 e. The van der Waals surface area contributed by atoms with Gasteiger partial charge in [0.15, 0.2) is 0 Å². The molecule has 0 saturated heterocycles. The Morgan fingerprint density at radius 2 is 1.80 bits per heavy atom. The highest BCUT2D eigenvalue weighted by molar-refractivity contribution is 7.84. The maximum absolute atomic E-state index is 11.4. The Bertz CT molecular complexity index is 683. The minimum atomic E-state index is -0.904. The van der Waals surface area contributed by atoms with Gasteiger partial charge < -0.3 is 0 Å². The predicted octanol–water partition coefficient (Wildman–Crippen LogP) is 4.47. The van der Waals surface area contributed by atoms with Crippen molar-refractivity contribution in [1.29, 1.82) is 0 Å². The predicted molar refractivity (Wildman–Crippen MR) is 86.1 cm³/mol. The van der Waals surface area contributed by atoms with Gasteiger partial charge in [-0.2, -0.15) is 0 Å². The van der Waals surface area contributed by atoms with Gasteiger partial charge in [-0.05, 0) is 46.7 Å². The summed E-state index contributed by atoms with van der Waals surface area (Å²) in [6.07, 6.45) is 5.06. The summed E-state index contributed by atoms with van der Waals surface area (Å²) in [6, 6.07) is 16.7. The van der Waals surface area contributed by atoms with E-state index in [0.717, 1.165) is 11.3 Å². The standard InChI is InChI=1S/C18H18OS/c1-13-11-15(18-6-4-3-5-17(13)18)12-14-7-9-16(10-8-14)20(2)19/h3-10,12-13H,11H2,1-2H3. The zero-order chi connectivity index (χ0) is 14.1. The van der Waals surface area contributed by atoms with E-state index in [0.29, 0.717) is 5.92 Å². The van der Waals surface area contributed by atoms with Crippen LogP contribution < -0.4 is 0 Å². The van der Waals surface area contributed by atoms with Gasteiger partial charge in [-0.15, -0.1) is 0 Å². The molecule has 2 aromatic rings. The Labute approximate surface area is 122 Å². The van der Waals surface area contributed by atoms with Crippen molar-refractivity contribution in [2.45, 2.75) is 24.2 Å². The number of hydrogen-bond donors (Lipinski definition) is 0. The molecule has 2 heteroatoms. The highest BCUT2D eigenvalue weighted by Crippen LogP contribution is 2.41. The zero-order valence-corrected chi connectivity index (χ0v) is 12.6. The van der Waals surface area contributed by atoms with Crippen LogP contribution in [0.5, 0.6) is 0 Å². The van der Waals surface area contributed by atoms with E-state index in [2.05, 4.69) is 49.4 Å². The first-order valence-corrected chi connectivity index (χ1v) is 8.44. The molecule has 0 N–H and O–H groups in total. The SMILES string of the molecule is CC1CC(=Cc2ccc(S(C)=O)cc2)c2ccccc21. The molecular weight excluding hydrogens is 264 g/mol. The fraction of sp³-hybridized carbons (Fsp3) is 0.222. The molecule has 0 heterocycles. The summed E-state index contributed by atoms with van der Waals surface area (Å²) in [6.45, 7) is 2.28. The Morgan fingerprint density at radius 1 is 1.10 bits per heavy atom. The highest BCUT2D eigenvalue weighted by atomic mass is 32.2. The van der Waals surface area contributed by atoms with Crippen molar-refractivity contribution in [3.8, 4) is 0 Å². The summed E-state index contributed by atoms with van der Waals surface area (Å²) in [5.41, 5.74) is 5.41. The minimum absolute atomic E-state index is 0.597. The minimum Gasteiger partial charge on any atom is -0.255 e.